The molecule has 4 heterocycles. The van der Waals surface area contributed by atoms with Crippen LogP contribution in [0, 0.1) is 11.8 Å². The first kappa shape index (κ1) is 29.1. The van der Waals surface area contributed by atoms with Crippen LogP contribution in [0.1, 0.15) is 30.9 Å². The minimum Gasteiger partial charge on any atom is -0.394 e. The highest BCUT2D eigenvalue weighted by atomic mass is 16.5. The zero-order valence-electron chi connectivity index (χ0n) is 25.0. The van der Waals surface area contributed by atoms with E-state index in [1.807, 2.05) is 91.9 Å². The van der Waals surface area contributed by atoms with Crippen molar-refractivity contribution in [2.24, 2.45) is 11.8 Å². The van der Waals surface area contributed by atoms with Crippen LogP contribution in [0.3, 0.4) is 0 Å². The third-order valence-corrected chi connectivity index (χ3v) is 9.80. The Morgan fingerprint density at radius 1 is 0.956 bits per heavy atom. The molecule has 45 heavy (non-hydrogen) atoms. The molecule has 3 aliphatic heterocycles. The minimum atomic E-state index is -1.22. The van der Waals surface area contributed by atoms with Gasteiger partial charge in [-0.05, 0) is 49.4 Å². The quantitative estimate of drug-likeness (QED) is 0.251. The van der Waals surface area contributed by atoms with Crippen molar-refractivity contribution in [2.45, 2.75) is 62.7 Å². The van der Waals surface area contributed by atoms with E-state index in [2.05, 4.69) is 20.9 Å². The molecule has 1 spiro atoms. The Balaban J connectivity index is 1.22. The molecule has 1 aromatic heterocycles. The second-order valence-corrected chi connectivity index (χ2v) is 12.5. The number of aromatic nitrogens is 3. The van der Waals surface area contributed by atoms with Gasteiger partial charge >= 0.3 is 0 Å². The molecular formula is C34H36N6O5. The SMILES string of the molecule is C[C@@]12CCC3(O1)C(C(=O)NCn1nnc4ccccc41)N([C@@H](CO)Cc1ccccc1)C(=O)[C@@H]3[C@@H]2C(=O)NCc1ccccc1. The molecule has 232 valence electrons. The van der Waals surface area contributed by atoms with Crippen LogP contribution in [0.4, 0.5) is 0 Å². The van der Waals surface area contributed by atoms with E-state index in [4.69, 9.17) is 4.74 Å². The average Bonchev–Trinajstić information content (AvgIpc) is 3.77. The molecule has 0 saturated carbocycles. The predicted molar refractivity (Wildman–Crippen MR) is 164 cm³/mol. The lowest BCUT2D eigenvalue weighted by atomic mass is 9.66. The first-order valence-corrected chi connectivity index (χ1v) is 15.4. The average molecular weight is 609 g/mol. The van der Waals surface area contributed by atoms with Crippen molar-refractivity contribution < 1.29 is 24.2 Å². The standard InChI is InChI=1S/C34H36N6O5/c1-33-16-17-34(45-33)28(27(33)30(42)35-19-23-12-6-3-7-13-23)32(44)40(24(20-41)18-22-10-4-2-5-11-22)29(34)31(43)36-21-39-26-15-9-8-14-25(26)37-38-39/h2-15,24,27-29,41H,16-21H2,1H3,(H,35,42)(H,36,43)/t24-,27-,28+,29?,33+,34?/m1/s1. The summed E-state index contributed by atoms with van der Waals surface area (Å²) in [5.41, 5.74) is 1.17. The molecule has 2 unspecified atom stereocenters. The van der Waals surface area contributed by atoms with Crippen molar-refractivity contribution in [1.82, 2.24) is 30.5 Å². The molecule has 0 radical (unpaired) electrons. The van der Waals surface area contributed by atoms with Crippen molar-refractivity contribution in [3.63, 3.8) is 0 Å². The maximum absolute atomic E-state index is 14.6. The van der Waals surface area contributed by atoms with Gasteiger partial charge in [-0.15, -0.1) is 5.10 Å². The van der Waals surface area contributed by atoms with Crippen LogP contribution in [0.2, 0.25) is 0 Å². The molecule has 0 aliphatic carbocycles. The monoisotopic (exact) mass is 608 g/mol. The van der Waals surface area contributed by atoms with Crippen LogP contribution in [0.25, 0.3) is 11.0 Å². The van der Waals surface area contributed by atoms with Gasteiger partial charge in [-0.3, -0.25) is 14.4 Å². The van der Waals surface area contributed by atoms with Crippen LogP contribution in [0.15, 0.2) is 84.9 Å². The smallest absolute Gasteiger partial charge is 0.247 e. The maximum atomic E-state index is 14.6. The Hall–Kier alpha value is -4.61. The third kappa shape index (κ3) is 4.87. The maximum Gasteiger partial charge on any atom is 0.247 e. The summed E-state index contributed by atoms with van der Waals surface area (Å²) in [5, 5.41) is 25.0. The van der Waals surface area contributed by atoms with E-state index >= 15 is 0 Å². The number of benzene rings is 3. The number of ether oxygens (including phenoxy) is 1. The summed E-state index contributed by atoms with van der Waals surface area (Å²) < 4.78 is 8.33. The molecule has 3 saturated heterocycles. The van der Waals surface area contributed by atoms with E-state index in [1.165, 1.54) is 4.90 Å². The van der Waals surface area contributed by atoms with Crippen LogP contribution in [-0.2, 0) is 38.8 Å². The second-order valence-electron chi connectivity index (χ2n) is 12.5. The Bertz CT molecular complexity index is 1730. The molecule has 6 atom stereocenters. The lowest BCUT2D eigenvalue weighted by Crippen LogP contribution is -2.58. The van der Waals surface area contributed by atoms with E-state index in [1.54, 1.807) is 4.68 Å². The van der Waals surface area contributed by atoms with Gasteiger partial charge in [0, 0.05) is 6.54 Å². The molecule has 3 aromatic carbocycles. The van der Waals surface area contributed by atoms with Gasteiger partial charge in [0.15, 0.2) is 0 Å². The minimum absolute atomic E-state index is 0.0271. The summed E-state index contributed by atoms with van der Waals surface area (Å²) in [6, 6.07) is 24.8. The number of rotatable bonds is 10. The summed E-state index contributed by atoms with van der Waals surface area (Å²) in [6.45, 7) is 1.85. The summed E-state index contributed by atoms with van der Waals surface area (Å²) in [4.78, 5) is 44.2. The van der Waals surface area contributed by atoms with Crippen LogP contribution in [0.5, 0.6) is 0 Å². The number of amides is 3. The molecule has 4 aromatic rings. The number of carbonyl (C=O) groups is 3. The van der Waals surface area contributed by atoms with Gasteiger partial charge in [0.2, 0.25) is 17.7 Å². The van der Waals surface area contributed by atoms with E-state index in [-0.39, 0.29) is 25.1 Å². The number of nitrogens with one attached hydrogen (secondary N) is 2. The van der Waals surface area contributed by atoms with Gasteiger partial charge in [0.25, 0.3) is 0 Å². The zero-order valence-corrected chi connectivity index (χ0v) is 25.0. The van der Waals surface area contributed by atoms with Crippen molar-refractivity contribution in [1.29, 1.82) is 0 Å². The van der Waals surface area contributed by atoms with Crippen molar-refractivity contribution in [3.05, 3.63) is 96.1 Å². The summed E-state index contributed by atoms with van der Waals surface area (Å²) >= 11 is 0. The number of likely N-dealkylation sites (tertiary alicyclic amines) is 1. The fraction of sp³-hybridized carbons (Fsp3) is 0.382. The molecule has 3 N–H and O–H groups in total. The van der Waals surface area contributed by atoms with E-state index in [0.717, 1.165) is 16.6 Å². The van der Waals surface area contributed by atoms with Crippen LogP contribution >= 0.6 is 0 Å². The Kier molecular flexibility index (Phi) is 7.37. The van der Waals surface area contributed by atoms with Crippen LogP contribution < -0.4 is 10.6 Å². The zero-order chi connectivity index (χ0) is 31.2. The number of hydrogen-bond donors (Lipinski definition) is 3. The lowest BCUT2D eigenvalue weighted by Gasteiger charge is -2.37. The topological polar surface area (TPSA) is 139 Å². The van der Waals surface area contributed by atoms with Gasteiger partial charge < -0.3 is 25.4 Å². The van der Waals surface area contributed by atoms with Gasteiger partial charge in [0.1, 0.15) is 23.8 Å². The van der Waals surface area contributed by atoms with Crippen molar-refractivity contribution >= 4 is 28.8 Å². The molecule has 7 rings (SSSR count). The molecule has 3 fully saturated rings. The highest BCUT2D eigenvalue weighted by Gasteiger charge is 2.78. The van der Waals surface area contributed by atoms with Gasteiger partial charge in [-0.1, -0.05) is 78.0 Å². The van der Waals surface area contributed by atoms with Crippen molar-refractivity contribution in [2.75, 3.05) is 6.61 Å². The van der Waals surface area contributed by atoms with E-state index in [0.29, 0.717) is 31.3 Å². The Morgan fingerprint density at radius 3 is 2.38 bits per heavy atom. The fourth-order valence-corrected chi connectivity index (χ4v) is 7.77. The Labute approximate surface area is 260 Å². The molecule has 11 nitrogen and oxygen atoms in total. The number of nitrogens with zero attached hydrogens (tertiary/aromatic N) is 4. The van der Waals surface area contributed by atoms with E-state index in [9.17, 15) is 19.5 Å². The number of aliphatic hydroxyl groups excluding tert-OH is 1. The van der Waals surface area contributed by atoms with E-state index < -0.39 is 41.0 Å². The van der Waals surface area contributed by atoms with Crippen molar-refractivity contribution in [3.8, 4) is 0 Å². The molecule has 3 amide bonds. The van der Waals surface area contributed by atoms with Gasteiger partial charge in [0.05, 0.1) is 35.6 Å². The summed E-state index contributed by atoms with van der Waals surface area (Å²) in [7, 11) is 0. The fourth-order valence-electron chi connectivity index (χ4n) is 7.77. The number of carbonyl (C=O) groups excluding carboxylic acids is 3. The normalized spacial score (nSPS) is 27.5. The second kappa shape index (κ2) is 11.4. The largest absolute Gasteiger partial charge is 0.394 e. The predicted octanol–water partition coefficient (Wildman–Crippen LogP) is 2.19. The third-order valence-electron chi connectivity index (χ3n) is 9.80. The van der Waals surface area contributed by atoms with Gasteiger partial charge in [-0.25, -0.2) is 4.68 Å². The Morgan fingerprint density at radius 2 is 1.64 bits per heavy atom. The summed E-state index contributed by atoms with van der Waals surface area (Å²) in [5.74, 6) is -2.72. The summed E-state index contributed by atoms with van der Waals surface area (Å²) in [6.07, 6.45) is 1.30. The molecule has 2 bridgehead atoms. The highest BCUT2D eigenvalue weighted by Crippen LogP contribution is 2.63. The number of para-hydroxylation sites is 1. The number of hydrogen-bond acceptors (Lipinski definition) is 7. The molecular weight excluding hydrogens is 572 g/mol. The lowest BCUT2D eigenvalue weighted by molar-refractivity contribution is -0.149. The van der Waals surface area contributed by atoms with Crippen LogP contribution in [-0.4, -0.2) is 72.6 Å². The number of aliphatic hydroxyl groups is 1. The number of fused-ring (bicyclic) bond motifs is 2. The first-order valence-electron chi connectivity index (χ1n) is 15.4. The molecule has 11 heteroatoms. The van der Waals surface area contributed by atoms with Gasteiger partial charge in [-0.2, -0.15) is 0 Å². The first-order chi connectivity index (χ1) is 21.8. The highest BCUT2D eigenvalue weighted by molar-refractivity contribution is 5.99. The molecule has 3 aliphatic rings.